The number of imidazole rings is 1. The van der Waals surface area contributed by atoms with Gasteiger partial charge < -0.3 is 4.74 Å². The highest BCUT2D eigenvalue weighted by molar-refractivity contribution is 7.20. The van der Waals surface area contributed by atoms with Gasteiger partial charge in [0.1, 0.15) is 17.3 Å². The summed E-state index contributed by atoms with van der Waals surface area (Å²) in [5.74, 6) is -0.199. The molecule has 0 aliphatic rings. The van der Waals surface area contributed by atoms with Gasteiger partial charge in [0, 0.05) is 32.7 Å². The smallest absolute Gasteiger partial charge is 0.269 e. The number of nitrogens with zero attached hydrogens (tertiary/aromatic N) is 4. The van der Waals surface area contributed by atoms with E-state index in [1.165, 1.54) is 86.0 Å². The first kappa shape index (κ1) is 31.6. The first-order valence-electron chi connectivity index (χ1n) is 58.5. The topological polar surface area (TPSA) is 35.9 Å². The summed E-state index contributed by atoms with van der Waals surface area (Å²) in [6, 6.07) is -36.3. The molecule has 5 nitrogen and oxygen atoms in total. The normalized spacial score (nSPS) is 18.6. The molecule has 3 aromatic heterocycles. The third kappa shape index (κ3) is 11.9. The maximum atomic E-state index is 11.6. The Balaban J connectivity index is 1.06. The SMILES string of the molecule is [2H]c1c([2H])c([2H])c(-c2ccc3c(c2)n(-c2cccc(Oc4ccc5c6ccccc6n(-c6cc(C([2H])([2H])[2H])c(-c7c([2H])c([2H])c([2H])c([2H])c7[2H])cn6)c5c4)c2)[c-][n+]3-c2c(-c3c([2H])c([2H])c([2H])c([Si](c4c([2H])c([2H])c([2H])c([2H])c4[2H])(c4c([2H])c([2H])c([2H])c([2H])c4[2H])c4c([2H])c([2H])c([2H])c([2H])c4[2H])c3[2H])cc(C(C)(C)C)cc2-c2c([2H])c([2H])c([2H])c([Si](c3c([2H])c([2H])c([2H])c([2H])c3[2H])(c3c([2H])c([2H])c([2H])c([2H])c3[2H])c3c([2H])c([2H])c([2H])c([2H])c3[2H])c2[2H])c([2H])c1[2H]. The van der Waals surface area contributed by atoms with Gasteiger partial charge in [-0.05, 0) is 152 Å². The first-order chi connectivity index (χ1) is 74.2. The molecule has 0 bridgehead atoms. The van der Waals surface area contributed by atoms with E-state index in [1.807, 2.05) is 0 Å². The molecule has 0 radical (unpaired) electrons. The van der Waals surface area contributed by atoms with Gasteiger partial charge in [0.05, 0.1) is 99.2 Å². The quantitative estimate of drug-likeness (QED) is 0.0394. The number of ether oxygens (including phenoxy) is 1. The second-order valence-corrected chi connectivity index (χ2v) is 32.4. The molecule has 0 unspecified atom stereocenters. The maximum absolute atomic E-state index is 11.6. The van der Waals surface area contributed by atoms with Crippen LogP contribution in [0, 0.1) is 13.2 Å². The average molecular weight is 1470 g/mol. The molecule has 0 spiro atoms. The minimum absolute atomic E-state index is 0.00866. The van der Waals surface area contributed by atoms with Crippen LogP contribution in [0.1, 0.15) is 102 Å². The zero-order valence-electron chi connectivity index (χ0n) is 108. The molecule has 0 N–H and O–H groups in total. The Kier molecular flexibility index (Phi) is 8.21. The molecular weight excluding hydrogens is 1340 g/mol. The summed E-state index contributed by atoms with van der Waals surface area (Å²) in [6.45, 7) is 1.43. The lowest BCUT2D eigenvalue weighted by Gasteiger charge is -2.35. The molecule has 3 heterocycles. The molecule has 0 amide bonds. The lowest BCUT2D eigenvalue weighted by molar-refractivity contribution is -0.571. The van der Waals surface area contributed by atoms with Crippen LogP contribution in [0.15, 0.2) is 399 Å². The molecule has 15 aromatic carbocycles. The number of para-hydroxylation sites is 1. The molecule has 7 heteroatoms. The zero-order valence-corrected chi connectivity index (χ0v) is 58.6. The van der Waals surface area contributed by atoms with Gasteiger partial charge in [0.2, 0.25) is 0 Å². The Labute approximate surface area is 705 Å². The largest absolute Gasteiger partial charge is 0.458 e. The molecule has 18 rings (SSSR count). The molecule has 0 fully saturated rings. The van der Waals surface area contributed by atoms with E-state index in [4.69, 9.17) is 33.0 Å². The van der Waals surface area contributed by atoms with Crippen LogP contribution in [0.4, 0.5) is 0 Å². The van der Waals surface area contributed by atoms with E-state index in [1.54, 1.807) is 34.9 Å². The van der Waals surface area contributed by atoms with E-state index in [0.717, 1.165) is 22.9 Å². The van der Waals surface area contributed by atoms with E-state index >= 15 is 0 Å². The number of aryl methyl sites for hydroxylation is 1. The van der Waals surface area contributed by atoms with Crippen molar-refractivity contribution in [3.8, 4) is 73.2 Å². The number of hydrogen-bond acceptors (Lipinski definition) is 2. The Morgan fingerprint density at radius 1 is 0.389 bits per heavy atom. The molecule has 0 aliphatic heterocycles. The van der Waals surface area contributed by atoms with Gasteiger partial charge in [0.15, 0.2) is 16.1 Å². The van der Waals surface area contributed by atoms with Gasteiger partial charge in [-0.15, -0.1) is 0 Å². The van der Waals surface area contributed by atoms with Crippen molar-refractivity contribution >= 4 is 90.5 Å². The summed E-state index contributed by atoms with van der Waals surface area (Å²) in [7, 11) is -13.9. The minimum atomic E-state index is -6.95. The van der Waals surface area contributed by atoms with Gasteiger partial charge in [-0.25, -0.2) is 4.98 Å². The van der Waals surface area contributed by atoms with Gasteiger partial charge in [-0.1, -0.05) is 359 Å². The Hall–Kier alpha value is -13.0. The van der Waals surface area contributed by atoms with Gasteiger partial charge >= 0.3 is 0 Å². The molecular formula is C101H78N4OSi2. The molecule has 0 saturated carbocycles. The molecule has 0 saturated heterocycles. The number of fused-ring (bicyclic) bond motifs is 4. The fraction of sp³-hybridized carbons (Fsp3) is 0.0495. The molecule has 108 heavy (non-hydrogen) atoms. The molecule has 18 aromatic rings. The van der Waals surface area contributed by atoms with Crippen LogP contribution in [0.3, 0.4) is 0 Å². The Bertz CT molecular complexity index is 8680. The summed E-state index contributed by atoms with van der Waals surface area (Å²) < 4.78 is 503. The van der Waals surface area contributed by atoms with Crippen LogP contribution in [0.25, 0.3) is 94.5 Å². The summed E-state index contributed by atoms with van der Waals surface area (Å²) in [6.07, 6.45) is 4.31. The average Bonchev–Trinajstić information content (AvgIpc) is 0.734. The summed E-state index contributed by atoms with van der Waals surface area (Å²) in [5, 5.41) is -9.65. The van der Waals surface area contributed by atoms with Crippen molar-refractivity contribution < 1.29 is 79.2 Å². The van der Waals surface area contributed by atoms with Crippen molar-refractivity contribution in [3.05, 3.63) is 417 Å². The number of aromatic nitrogens is 4. The summed E-state index contributed by atoms with van der Waals surface area (Å²) in [5.41, 5.74) is -8.81. The highest BCUT2D eigenvalue weighted by Gasteiger charge is 2.43. The predicted molar refractivity (Wildman–Crippen MR) is 455 cm³/mol. The van der Waals surface area contributed by atoms with E-state index < -0.39 is 405 Å². The van der Waals surface area contributed by atoms with Crippen LogP contribution in [0.2, 0.25) is 0 Å². The molecule has 0 aliphatic carbocycles. The van der Waals surface area contributed by atoms with Gasteiger partial charge in [-0.3, -0.25) is 13.7 Å². The Morgan fingerprint density at radius 2 is 0.852 bits per heavy atom. The van der Waals surface area contributed by atoms with Crippen LogP contribution in [0.5, 0.6) is 11.5 Å². The zero-order chi connectivity index (χ0) is 117. The minimum Gasteiger partial charge on any atom is -0.458 e. The monoisotopic (exact) mass is 1470 g/mol. The van der Waals surface area contributed by atoms with E-state index in [0.29, 0.717) is 16.3 Å². The van der Waals surface area contributed by atoms with E-state index in [-0.39, 0.29) is 56.2 Å². The second-order valence-electron chi connectivity index (χ2n) is 25.4. The van der Waals surface area contributed by atoms with Crippen LogP contribution in [-0.4, -0.2) is 30.3 Å². The lowest BCUT2D eigenvalue weighted by atomic mass is 9.82. The van der Waals surface area contributed by atoms with E-state index in [2.05, 4.69) is 6.33 Å². The van der Waals surface area contributed by atoms with Crippen LogP contribution in [-0.2, 0) is 5.41 Å². The van der Waals surface area contributed by atoms with Gasteiger partial charge in [-0.2, -0.15) is 0 Å². The predicted octanol–water partition coefficient (Wildman–Crippen LogP) is 19.0. The third-order valence-corrected chi connectivity index (χ3v) is 26.3. The molecule has 516 valence electrons. The summed E-state index contributed by atoms with van der Waals surface area (Å²) >= 11 is 0. The third-order valence-electron chi connectivity index (χ3n) is 18.3. The standard InChI is InChI=1S/C101H78N4OSi2/c1-72-62-99(102-70-94(72)74-36-15-6-16-37-74)105-95-57-30-29-56-90(95)91-60-59-81(69-97(91)105)106-80-41-33-40-79(68-80)103-71-104(96-61-58-75(65-98(96)103)73-34-13-5-14-35-73)100-92(76-38-31-54-88(63-76)107(82-42-17-7-18-43-82,83-44-19-8-20-45-83)84-46-21-9-22-47-84)66-78(101(2,3)4)67-93(100)77-39-32-55-89(64-77)108(85-48-23-10-24-49-85,86-50-25-11-26-51-86)87-52-27-12-28-53-87/h5-70H,1-4H3/i1D3,5D,6D,7D,8D,9D,10D,11D,12D,13D,14D,15D,16D,17D,18D,19D,20D,21D,22D,23D,24D,25D,26D,27D,28D,31D,32D,34D,35D,36D,37D,38D,39D,42D,43D,44D,45D,46D,47D,48D,49D,50D,51D,52D,53D,54D,55D,63D,64D. The molecule has 0 atom stereocenters. The number of hydrogen-bond donors (Lipinski definition) is 0. The van der Waals surface area contributed by atoms with Crippen LogP contribution >= 0.6 is 0 Å². The van der Waals surface area contributed by atoms with E-state index in [9.17, 15) is 46.6 Å². The number of pyridine rings is 1. The maximum Gasteiger partial charge on any atom is 0.269 e. The highest BCUT2D eigenvalue weighted by atomic mass is 28.3. The Morgan fingerprint density at radius 3 is 1.36 bits per heavy atom. The lowest BCUT2D eigenvalue weighted by Crippen LogP contribution is -2.74. The summed E-state index contributed by atoms with van der Waals surface area (Å²) in [4.78, 5) is 4.70. The second kappa shape index (κ2) is 28.1. The van der Waals surface area contributed by atoms with Crippen LogP contribution < -0.4 is 50.8 Å². The number of rotatable bonds is 17. The fourth-order valence-corrected chi connectivity index (χ4v) is 20.5. The van der Waals surface area contributed by atoms with Gasteiger partial charge in [0.25, 0.3) is 6.33 Å². The van der Waals surface area contributed by atoms with Crippen molar-refractivity contribution in [2.45, 2.75) is 33.0 Å². The van der Waals surface area contributed by atoms with Crippen molar-refractivity contribution in [1.29, 1.82) is 0 Å². The number of benzene rings is 15. The first-order valence-corrected chi connectivity index (χ1v) is 37.0. The van der Waals surface area contributed by atoms with Crippen molar-refractivity contribution in [2.75, 3.05) is 0 Å². The fourth-order valence-electron chi connectivity index (χ4n) is 13.4. The van der Waals surface area contributed by atoms with Crippen molar-refractivity contribution in [2.24, 2.45) is 0 Å². The highest BCUT2D eigenvalue weighted by Crippen LogP contribution is 2.41. The van der Waals surface area contributed by atoms with Crippen molar-refractivity contribution in [3.63, 3.8) is 0 Å². The van der Waals surface area contributed by atoms with Crippen molar-refractivity contribution in [1.82, 2.24) is 14.1 Å².